The van der Waals surface area contributed by atoms with Crippen LogP contribution in [0.4, 0.5) is 5.69 Å². The van der Waals surface area contributed by atoms with Gasteiger partial charge in [-0.15, -0.1) is 11.8 Å². The summed E-state index contributed by atoms with van der Waals surface area (Å²) in [4.78, 5) is 12.9. The van der Waals surface area contributed by atoms with Gasteiger partial charge >= 0.3 is 0 Å². The molecule has 0 aliphatic carbocycles. The van der Waals surface area contributed by atoms with Crippen molar-refractivity contribution in [1.29, 1.82) is 0 Å². The van der Waals surface area contributed by atoms with Gasteiger partial charge in [0, 0.05) is 16.6 Å². The Kier molecular flexibility index (Phi) is 2.77. The number of amides is 1. The molecule has 1 atom stereocenters. The van der Waals surface area contributed by atoms with Gasteiger partial charge in [0.25, 0.3) is 0 Å². The number of fused-ring (bicyclic) bond motifs is 1. The molecule has 0 fully saturated rings. The average molecular weight is 207 g/mol. The maximum absolute atomic E-state index is 11.7. The molecule has 2 rings (SSSR count). The molecule has 0 saturated carbocycles. The van der Waals surface area contributed by atoms with Gasteiger partial charge in [-0.25, -0.2) is 0 Å². The third-order valence-electron chi connectivity index (χ3n) is 2.45. The van der Waals surface area contributed by atoms with Crippen LogP contribution in [-0.2, 0) is 4.79 Å². The second kappa shape index (κ2) is 4.05. The van der Waals surface area contributed by atoms with Gasteiger partial charge in [0.05, 0.1) is 5.69 Å². The molecule has 74 valence electrons. The number of carbonyl (C=O) groups excluding carboxylic acids is 1. The number of rotatable bonds is 1. The van der Waals surface area contributed by atoms with Crippen LogP contribution in [0.3, 0.4) is 0 Å². The summed E-state index contributed by atoms with van der Waals surface area (Å²) in [5.41, 5.74) is 0.957. The van der Waals surface area contributed by atoms with Crippen molar-refractivity contribution in [2.75, 3.05) is 11.1 Å². The van der Waals surface area contributed by atoms with E-state index in [4.69, 9.17) is 0 Å². The van der Waals surface area contributed by atoms with Gasteiger partial charge in [0.2, 0.25) is 5.91 Å². The number of hydrogen-bond acceptors (Lipinski definition) is 2. The molecule has 1 heterocycles. The van der Waals surface area contributed by atoms with E-state index in [0.29, 0.717) is 0 Å². The minimum Gasteiger partial charge on any atom is -0.325 e. The molecule has 1 amide bonds. The van der Waals surface area contributed by atoms with Crippen molar-refractivity contribution >= 4 is 23.4 Å². The molecule has 1 aliphatic heterocycles. The quantitative estimate of drug-likeness (QED) is 0.767. The molecule has 3 heteroatoms. The lowest BCUT2D eigenvalue weighted by molar-refractivity contribution is -0.119. The monoisotopic (exact) mass is 207 g/mol. The Morgan fingerprint density at radius 2 is 2.29 bits per heavy atom. The number of para-hydroxylation sites is 1. The van der Waals surface area contributed by atoms with Crippen LogP contribution in [0.5, 0.6) is 0 Å². The fourth-order valence-corrected chi connectivity index (χ4v) is 2.72. The topological polar surface area (TPSA) is 29.1 Å². The van der Waals surface area contributed by atoms with Crippen LogP contribution in [0, 0.1) is 5.92 Å². The van der Waals surface area contributed by atoms with Gasteiger partial charge in [0.15, 0.2) is 0 Å². The van der Waals surface area contributed by atoms with Crippen LogP contribution >= 0.6 is 11.8 Å². The van der Waals surface area contributed by atoms with Crippen molar-refractivity contribution < 1.29 is 4.79 Å². The lowest BCUT2D eigenvalue weighted by Crippen LogP contribution is -2.22. The Labute approximate surface area is 88.1 Å². The van der Waals surface area contributed by atoms with Gasteiger partial charge < -0.3 is 5.32 Å². The van der Waals surface area contributed by atoms with Gasteiger partial charge in [-0.2, -0.15) is 0 Å². The molecule has 1 aliphatic rings. The third kappa shape index (κ3) is 1.77. The molecule has 0 radical (unpaired) electrons. The average Bonchev–Trinajstić information content (AvgIpc) is 2.36. The first-order chi connectivity index (χ1) is 6.81. The Morgan fingerprint density at radius 1 is 1.50 bits per heavy atom. The van der Waals surface area contributed by atoms with E-state index in [9.17, 15) is 4.79 Å². The molecule has 0 aromatic heterocycles. The van der Waals surface area contributed by atoms with E-state index in [1.54, 1.807) is 11.8 Å². The Balaban J connectivity index is 2.28. The van der Waals surface area contributed by atoms with Gasteiger partial charge in [0.1, 0.15) is 0 Å². The summed E-state index contributed by atoms with van der Waals surface area (Å²) in [6, 6.07) is 7.97. The number of carbonyl (C=O) groups is 1. The van der Waals surface area contributed by atoms with E-state index in [1.807, 2.05) is 18.2 Å². The van der Waals surface area contributed by atoms with Gasteiger partial charge in [-0.05, 0) is 18.6 Å². The Hall–Kier alpha value is -0.960. The van der Waals surface area contributed by atoms with Crippen molar-refractivity contribution in [3.63, 3.8) is 0 Å². The molecule has 0 saturated heterocycles. The normalized spacial score (nSPS) is 20.9. The van der Waals surface area contributed by atoms with Crippen LogP contribution in [0.2, 0.25) is 0 Å². The molecular weight excluding hydrogens is 194 g/mol. The standard InChI is InChI=1S/C11H13NOS/c1-2-8-7-14-10-6-4-3-5-9(10)12-11(8)13/h3-6,8H,2,7H2,1H3,(H,12,13). The fourth-order valence-electron chi connectivity index (χ4n) is 1.50. The zero-order valence-corrected chi connectivity index (χ0v) is 8.93. The van der Waals surface area contributed by atoms with Crippen LogP contribution in [-0.4, -0.2) is 11.7 Å². The second-order valence-corrected chi connectivity index (χ2v) is 4.46. The molecule has 2 nitrogen and oxygen atoms in total. The van der Waals surface area contributed by atoms with E-state index in [-0.39, 0.29) is 11.8 Å². The number of thioether (sulfide) groups is 1. The highest BCUT2D eigenvalue weighted by Crippen LogP contribution is 2.32. The van der Waals surface area contributed by atoms with Gasteiger partial charge in [-0.1, -0.05) is 19.1 Å². The molecule has 0 spiro atoms. The van der Waals surface area contributed by atoms with Crippen molar-refractivity contribution in [3.8, 4) is 0 Å². The molecule has 1 aromatic carbocycles. The maximum atomic E-state index is 11.7. The summed E-state index contributed by atoms with van der Waals surface area (Å²) in [5.74, 6) is 1.19. The fraction of sp³-hybridized carbons (Fsp3) is 0.364. The maximum Gasteiger partial charge on any atom is 0.228 e. The minimum atomic E-state index is 0.146. The first-order valence-electron chi connectivity index (χ1n) is 4.84. The van der Waals surface area contributed by atoms with E-state index < -0.39 is 0 Å². The van der Waals surface area contributed by atoms with Crippen LogP contribution in [0.15, 0.2) is 29.2 Å². The Morgan fingerprint density at radius 3 is 3.07 bits per heavy atom. The number of hydrogen-bond donors (Lipinski definition) is 1. The predicted octanol–water partition coefficient (Wildman–Crippen LogP) is 2.76. The zero-order chi connectivity index (χ0) is 9.97. The highest BCUT2D eigenvalue weighted by atomic mass is 32.2. The SMILES string of the molecule is CCC1CSc2ccccc2NC1=O. The summed E-state index contributed by atoms with van der Waals surface area (Å²) in [7, 11) is 0. The third-order valence-corrected chi connectivity index (χ3v) is 3.68. The van der Waals surface area contributed by atoms with Gasteiger partial charge in [-0.3, -0.25) is 4.79 Å². The van der Waals surface area contributed by atoms with E-state index in [1.165, 1.54) is 4.90 Å². The molecule has 0 bridgehead atoms. The van der Waals surface area contributed by atoms with E-state index in [0.717, 1.165) is 17.9 Å². The minimum absolute atomic E-state index is 0.146. The smallest absolute Gasteiger partial charge is 0.228 e. The number of anilines is 1. The first-order valence-corrected chi connectivity index (χ1v) is 5.82. The lowest BCUT2D eigenvalue weighted by atomic mass is 10.1. The highest BCUT2D eigenvalue weighted by Gasteiger charge is 2.21. The molecule has 1 aromatic rings. The molecule has 1 unspecified atom stereocenters. The van der Waals surface area contributed by atoms with Crippen molar-refractivity contribution in [1.82, 2.24) is 0 Å². The van der Waals surface area contributed by atoms with E-state index in [2.05, 4.69) is 18.3 Å². The predicted molar refractivity (Wildman–Crippen MR) is 59.6 cm³/mol. The number of nitrogens with one attached hydrogen (secondary N) is 1. The van der Waals surface area contributed by atoms with Crippen LogP contribution < -0.4 is 5.32 Å². The summed E-state index contributed by atoms with van der Waals surface area (Å²) >= 11 is 1.76. The summed E-state index contributed by atoms with van der Waals surface area (Å²) in [6.45, 7) is 2.06. The van der Waals surface area contributed by atoms with Crippen LogP contribution in [0.25, 0.3) is 0 Å². The zero-order valence-electron chi connectivity index (χ0n) is 8.12. The molecule has 14 heavy (non-hydrogen) atoms. The van der Waals surface area contributed by atoms with Crippen molar-refractivity contribution in [2.45, 2.75) is 18.2 Å². The largest absolute Gasteiger partial charge is 0.325 e. The Bertz CT molecular complexity index is 351. The lowest BCUT2D eigenvalue weighted by Gasteiger charge is -2.08. The summed E-state index contributed by atoms with van der Waals surface area (Å²) in [5, 5.41) is 2.96. The van der Waals surface area contributed by atoms with Crippen LogP contribution in [0.1, 0.15) is 13.3 Å². The molecular formula is C11H13NOS. The van der Waals surface area contributed by atoms with Crippen molar-refractivity contribution in [3.05, 3.63) is 24.3 Å². The second-order valence-electron chi connectivity index (χ2n) is 3.40. The first kappa shape index (κ1) is 9.59. The van der Waals surface area contributed by atoms with E-state index >= 15 is 0 Å². The number of benzene rings is 1. The molecule has 1 N–H and O–H groups in total. The summed E-state index contributed by atoms with van der Waals surface area (Å²) < 4.78 is 0. The summed E-state index contributed by atoms with van der Waals surface area (Å²) in [6.07, 6.45) is 0.910. The van der Waals surface area contributed by atoms with Crippen molar-refractivity contribution in [2.24, 2.45) is 5.92 Å². The highest BCUT2D eigenvalue weighted by molar-refractivity contribution is 7.99.